The van der Waals surface area contributed by atoms with Gasteiger partial charge in [0.05, 0.1) is 13.8 Å². The maximum atomic E-state index is 12.4. The number of para-hydroxylation sites is 2. The fourth-order valence-corrected chi connectivity index (χ4v) is 3.38. The molecule has 1 amide bonds. The van der Waals surface area contributed by atoms with Crippen molar-refractivity contribution in [1.82, 2.24) is 0 Å². The predicted molar refractivity (Wildman–Crippen MR) is 102 cm³/mol. The molecule has 0 aliphatic carbocycles. The van der Waals surface area contributed by atoms with Gasteiger partial charge in [-0.3, -0.25) is 4.79 Å². The molecule has 6 heteroatoms. The van der Waals surface area contributed by atoms with Crippen molar-refractivity contribution < 1.29 is 9.45 Å². The van der Waals surface area contributed by atoms with Gasteiger partial charge in [-0.25, -0.2) is 0 Å². The highest BCUT2D eigenvalue weighted by molar-refractivity contribution is 6.88. The first-order valence-corrected chi connectivity index (χ1v) is 11.2. The number of anilines is 2. The van der Waals surface area contributed by atoms with E-state index in [1.165, 1.54) is 5.19 Å². The minimum absolute atomic E-state index is 0.112. The molecule has 2 rings (SSSR count). The summed E-state index contributed by atoms with van der Waals surface area (Å²) in [6, 6.07) is 15.5. The van der Waals surface area contributed by atoms with Gasteiger partial charge in [-0.2, -0.15) is 0 Å². The maximum absolute atomic E-state index is 12.4. The van der Waals surface area contributed by atoms with Crippen LogP contribution in [0.4, 0.5) is 11.4 Å². The molecule has 4 nitrogen and oxygen atoms in total. The number of nitrogens with one attached hydrogen (secondary N) is 2. The second kappa shape index (κ2) is 7.48. The molecule has 0 aliphatic rings. The van der Waals surface area contributed by atoms with E-state index in [2.05, 4.69) is 42.3 Å². The molecule has 0 aliphatic heterocycles. The first-order valence-electron chi connectivity index (χ1n) is 7.65. The van der Waals surface area contributed by atoms with E-state index in [4.69, 9.17) is 4.65 Å². The Hall–Kier alpha value is -2.05. The number of rotatable bonds is 6. The Morgan fingerprint density at radius 1 is 1.00 bits per heavy atom. The Morgan fingerprint density at radius 3 is 2.17 bits per heavy atom. The average molecular weight is 326 g/mol. The number of benzene rings is 2. The third-order valence-electron chi connectivity index (χ3n) is 3.60. The van der Waals surface area contributed by atoms with Crippen LogP contribution in [0.2, 0.25) is 19.6 Å². The second-order valence-corrected chi connectivity index (χ2v) is 11.5. The Kier molecular flexibility index (Phi) is 5.63. The van der Waals surface area contributed by atoms with Crippen molar-refractivity contribution in [3.05, 3.63) is 54.1 Å². The van der Waals surface area contributed by atoms with Crippen LogP contribution >= 0.6 is 0 Å². The van der Waals surface area contributed by atoms with Crippen molar-refractivity contribution in [2.45, 2.75) is 19.6 Å². The summed E-state index contributed by atoms with van der Waals surface area (Å²) in [6.07, 6.45) is 0. The Balaban J connectivity index is 2.13. The first-order chi connectivity index (χ1) is 10.9. The summed E-state index contributed by atoms with van der Waals surface area (Å²) in [6.45, 7) is 6.87. The summed E-state index contributed by atoms with van der Waals surface area (Å²) in [7, 11) is 0.661. The topological polar surface area (TPSA) is 50.4 Å². The minimum atomic E-state index is -1.34. The Bertz CT molecular complexity index is 669. The summed E-state index contributed by atoms with van der Waals surface area (Å²) in [4.78, 5) is 12.4. The van der Waals surface area contributed by atoms with Crippen molar-refractivity contribution in [2.24, 2.45) is 0 Å². The molecule has 2 aromatic rings. The van der Waals surface area contributed by atoms with Gasteiger partial charge in [-0.1, -0.05) is 49.1 Å². The molecule has 0 atom stereocenters. The van der Waals surface area contributed by atoms with Crippen LogP contribution < -0.4 is 15.7 Å². The molecule has 120 valence electrons. The lowest BCUT2D eigenvalue weighted by molar-refractivity contribution is 0.102. The third kappa shape index (κ3) is 4.71. The van der Waals surface area contributed by atoms with Crippen molar-refractivity contribution in [2.75, 3.05) is 17.7 Å². The number of hydrogen-bond acceptors (Lipinski definition) is 3. The summed E-state index contributed by atoms with van der Waals surface area (Å²) in [5.41, 5.74) is 2.23. The molecule has 2 N–H and O–H groups in total. The van der Waals surface area contributed by atoms with E-state index in [9.17, 15) is 4.79 Å². The number of carbonyl (C=O) groups is 1. The molecule has 0 aromatic heterocycles. The quantitative estimate of drug-likeness (QED) is 0.803. The van der Waals surface area contributed by atoms with E-state index in [0.29, 0.717) is 13.2 Å². The monoisotopic (exact) mass is 326 g/mol. The van der Waals surface area contributed by atoms with Gasteiger partial charge in [0.15, 0.2) is 0 Å². The SMILES string of the molecule is COBNc1ccccc1NC(=O)c1ccc([Si](C)(C)C)cc1. The highest BCUT2D eigenvalue weighted by atomic mass is 28.3. The second-order valence-electron chi connectivity index (χ2n) is 6.44. The van der Waals surface area contributed by atoms with E-state index < -0.39 is 8.07 Å². The minimum Gasteiger partial charge on any atom is -0.422 e. The zero-order chi connectivity index (χ0) is 16.9. The van der Waals surface area contributed by atoms with Gasteiger partial charge >= 0.3 is 7.62 Å². The zero-order valence-corrected chi connectivity index (χ0v) is 15.1. The summed E-state index contributed by atoms with van der Waals surface area (Å²) in [5.74, 6) is -0.112. The van der Waals surface area contributed by atoms with Gasteiger partial charge < -0.3 is 15.2 Å². The lowest BCUT2D eigenvalue weighted by Gasteiger charge is -2.17. The van der Waals surface area contributed by atoms with Gasteiger partial charge in [0.1, 0.15) is 0 Å². The number of amides is 1. The molecule has 0 radical (unpaired) electrons. The normalized spacial score (nSPS) is 11.0. The Morgan fingerprint density at radius 2 is 1.61 bits per heavy atom. The summed E-state index contributed by atoms with van der Waals surface area (Å²) < 4.78 is 5.02. The Labute approximate surface area is 139 Å². The zero-order valence-electron chi connectivity index (χ0n) is 14.1. The van der Waals surface area contributed by atoms with Crippen LogP contribution in [0.25, 0.3) is 0 Å². The molecule has 0 unspecified atom stereocenters. The van der Waals surface area contributed by atoms with Crippen LogP contribution in [0.1, 0.15) is 10.4 Å². The maximum Gasteiger partial charge on any atom is 0.393 e. The van der Waals surface area contributed by atoms with E-state index in [-0.39, 0.29) is 5.91 Å². The molecule has 2 aromatic carbocycles. The van der Waals surface area contributed by atoms with Crippen LogP contribution in [0, 0.1) is 0 Å². The highest BCUT2D eigenvalue weighted by Gasteiger charge is 2.17. The van der Waals surface area contributed by atoms with Crippen molar-refractivity contribution in [3.8, 4) is 0 Å². The molecule has 23 heavy (non-hydrogen) atoms. The van der Waals surface area contributed by atoms with Crippen LogP contribution in [0.3, 0.4) is 0 Å². The lowest BCUT2D eigenvalue weighted by atomic mass is 10.1. The van der Waals surface area contributed by atoms with Crippen molar-refractivity contribution in [3.63, 3.8) is 0 Å². The standard InChI is InChI=1S/C17H23BN2O2Si/c1-22-18-20-16-8-6-5-7-15(16)19-17(21)13-9-11-14(12-10-13)23(2,3)4/h5-12,18,20H,1-4H3,(H,19,21). The molecule has 0 fully saturated rings. The number of carbonyl (C=O) groups excluding carboxylic acids is 1. The van der Waals surface area contributed by atoms with Gasteiger partial charge in [-0.15, -0.1) is 0 Å². The molecule has 0 spiro atoms. The summed E-state index contributed by atoms with van der Waals surface area (Å²) >= 11 is 0. The van der Waals surface area contributed by atoms with Crippen molar-refractivity contribution >= 4 is 38.2 Å². The fraction of sp³-hybridized carbons (Fsp3) is 0.235. The fourth-order valence-electron chi connectivity index (χ4n) is 2.21. The average Bonchev–Trinajstić information content (AvgIpc) is 2.53. The van der Waals surface area contributed by atoms with E-state index >= 15 is 0 Å². The van der Waals surface area contributed by atoms with Gasteiger partial charge in [0.2, 0.25) is 0 Å². The molecule has 0 heterocycles. The van der Waals surface area contributed by atoms with Gasteiger partial charge in [-0.05, 0) is 24.3 Å². The lowest BCUT2D eigenvalue weighted by Crippen LogP contribution is -2.37. The summed E-state index contributed by atoms with van der Waals surface area (Å²) in [5, 5.41) is 7.41. The largest absolute Gasteiger partial charge is 0.422 e. The van der Waals surface area contributed by atoms with Crippen molar-refractivity contribution in [1.29, 1.82) is 0 Å². The van der Waals surface area contributed by atoms with Gasteiger partial charge in [0.25, 0.3) is 5.91 Å². The first kappa shape index (κ1) is 17.3. The molecular formula is C17H23BN2O2Si. The molecule has 0 saturated heterocycles. The van der Waals surface area contributed by atoms with Crippen LogP contribution in [0.15, 0.2) is 48.5 Å². The molecule has 0 saturated carbocycles. The molecule has 0 bridgehead atoms. The van der Waals surface area contributed by atoms with E-state index in [0.717, 1.165) is 11.4 Å². The number of hydrogen-bond donors (Lipinski definition) is 2. The predicted octanol–water partition coefficient (Wildman–Crippen LogP) is 2.81. The van der Waals surface area contributed by atoms with Crippen LogP contribution in [-0.2, 0) is 4.65 Å². The van der Waals surface area contributed by atoms with Crippen LogP contribution in [-0.4, -0.2) is 28.7 Å². The highest BCUT2D eigenvalue weighted by Crippen LogP contribution is 2.21. The molecular weight excluding hydrogens is 303 g/mol. The van der Waals surface area contributed by atoms with Crippen LogP contribution in [0.5, 0.6) is 0 Å². The smallest absolute Gasteiger partial charge is 0.393 e. The van der Waals surface area contributed by atoms with E-state index in [1.807, 2.05) is 36.4 Å². The third-order valence-corrected chi connectivity index (χ3v) is 5.66. The van der Waals surface area contributed by atoms with E-state index in [1.54, 1.807) is 7.11 Å². The van der Waals surface area contributed by atoms with Gasteiger partial charge in [0, 0.05) is 18.4 Å².